The molecular formula is C22H26FN5O. The Labute approximate surface area is 170 Å². The number of hydrogen-bond donors (Lipinski definition) is 2. The van der Waals surface area contributed by atoms with Crippen LogP contribution in [-0.2, 0) is 0 Å². The number of halogens is 1. The predicted molar refractivity (Wildman–Crippen MR) is 113 cm³/mol. The van der Waals surface area contributed by atoms with Crippen molar-refractivity contribution in [1.82, 2.24) is 15.5 Å². The predicted octanol–water partition coefficient (Wildman–Crippen LogP) is 1.99. The number of nitrogens with one attached hydrogen (secondary N) is 2. The summed E-state index contributed by atoms with van der Waals surface area (Å²) in [4.78, 5) is 11.6. The van der Waals surface area contributed by atoms with Crippen LogP contribution in [0.15, 0.2) is 46.0 Å². The molecule has 1 aromatic rings. The van der Waals surface area contributed by atoms with Crippen LogP contribution in [0.25, 0.3) is 5.57 Å². The second-order valence-electron chi connectivity index (χ2n) is 8.68. The lowest BCUT2D eigenvalue weighted by molar-refractivity contribution is 0.150. The van der Waals surface area contributed by atoms with E-state index >= 15 is 0 Å². The Balaban J connectivity index is 1.57. The maximum Gasteiger partial charge on any atom is 0.131 e. The molecule has 1 aromatic carbocycles. The number of benzene rings is 1. The van der Waals surface area contributed by atoms with E-state index in [9.17, 15) is 4.39 Å². The van der Waals surface area contributed by atoms with Crippen molar-refractivity contribution in [2.45, 2.75) is 31.5 Å². The first-order valence-electron chi connectivity index (χ1n) is 10.2. The van der Waals surface area contributed by atoms with Crippen molar-refractivity contribution in [3.63, 3.8) is 0 Å². The summed E-state index contributed by atoms with van der Waals surface area (Å²) in [5.74, 6) is 1.19. The summed E-state index contributed by atoms with van der Waals surface area (Å²) in [5, 5.41) is 6.97. The third-order valence-electron chi connectivity index (χ3n) is 5.77. The fourth-order valence-electron chi connectivity index (χ4n) is 4.37. The standard InChI is InChI=1S/C22H26FN5O/c1-22(2)13-28-8-7-24-20-6-5-19-21(27-20)17(11-25-19)16-9-14(3-4-18(16)23)29-15(12-28)10-26-22/h3-6,9,11,15,19,26H,7-8,10,12-13H2,1-2H3,(H,24,27). The molecule has 0 saturated carbocycles. The van der Waals surface area contributed by atoms with Gasteiger partial charge in [-0.15, -0.1) is 0 Å². The molecule has 5 rings (SSSR count). The average Bonchev–Trinajstić information content (AvgIpc) is 3.03. The van der Waals surface area contributed by atoms with E-state index in [0.29, 0.717) is 17.9 Å². The number of ether oxygens (including phenoxy) is 1. The molecule has 3 unspecified atom stereocenters. The Hall–Kier alpha value is -2.51. The van der Waals surface area contributed by atoms with E-state index in [-0.39, 0.29) is 23.5 Å². The molecule has 152 valence electrons. The van der Waals surface area contributed by atoms with Crippen LogP contribution < -0.4 is 15.4 Å². The largest absolute Gasteiger partial charge is 0.488 e. The van der Waals surface area contributed by atoms with Crippen LogP contribution in [0.4, 0.5) is 4.39 Å². The Morgan fingerprint density at radius 1 is 1.31 bits per heavy atom. The second kappa shape index (κ2) is 7.07. The summed E-state index contributed by atoms with van der Waals surface area (Å²) in [6.07, 6.45) is 5.69. The highest BCUT2D eigenvalue weighted by atomic mass is 19.1. The molecule has 4 aliphatic heterocycles. The summed E-state index contributed by atoms with van der Waals surface area (Å²) >= 11 is 0. The van der Waals surface area contributed by atoms with Crippen LogP contribution in [0.3, 0.4) is 0 Å². The molecule has 0 radical (unpaired) electrons. The fraction of sp³-hybridized carbons (Fsp3) is 0.455. The minimum atomic E-state index is -0.282. The summed E-state index contributed by atoms with van der Waals surface area (Å²) < 4.78 is 21.0. The van der Waals surface area contributed by atoms with Crippen LogP contribution in [-0.4, -0.2) is 67.4 Å². The molecule has 0 aromatic heterocycles. The quantitative estimate of drug-likeness (QED) is 0.705. The van der Waals surface area contributed by atoms with Gasteiger partial charge in [0.2, 0.25) is 0 Å². The molecule has 2 N–H and O–H groups in total. The number of rotatable bonds is 0. The van der Waals surface area contributed by atoms with Gasteiger partial charge < -0.3 is 15.4 Å². The van der Waals surface area contributed by atoms with Crippen LogP contribution >= 0.6 is 0 Å². The molecule has 6 nitrogen and oxygen atoms in total. The normalized spacial score (nSPS) is 30.0. The molecule has 4 heterocycles. The van der Waals surface area contributed by atoms with Gasteiger partial charge in [-0.1, -0.05) is 6.08 Å². The third kappa shape index (κ3) is 3.72. The molecule has 29 heavy (non-hydrogen) atoms. The van der Waals surface area contributed by atoms with Gasteiger partial charge in [-0.25, -0.2) is 4.39 Å². The summed E-state index contributed by atoms with van der Waals surface area (Å²) in [7, 11) is 0. The molecule has 0 spiro atoms. The highest BCUT2D eigenvalue weighted by Crippen LogP contribution is 2.31. The third-order valence-corrected chi connectivity index (χ3v) is 5.77. The van der Waals surface area contributed by atoms with E-state index in [1.807, 2.05) is 12.2 Å². The fourth-order valence-corrected chi connectivity index (χ4v) is 4.37. The molecule has 1 saturated heterocycles. The van der Waals surface area contributed by atoms with E-state index in [1.54, 1.807) is 18.3 Å². The molecular weight excluding hydrogens is 369 g/mol. The van der Waals surface area contributed by atoms with E-state index in [0.717, 1.165) is 43.3 Å². The van der Waals surface area contributed by atoms with E-state index in [4.69, 9.17) is 9.73 Å². The van der Waals surface area contributed by atoms with Gasteiger partial charge in [0.05, 0.1) is 12.2 Å². The van der Waals surface area contributed by atoms with Gasteiger partial charge in [0, 0.05) is 49.1 Å². The molecule has 0 aliphatic carbocycles. The molecule has 4 aliphatic rings. The van der Waals surface area contributed by atoms with Gasteiger partial charge in [0.15, 0.2) is 0 Å². The SMILES string of the molecule is CC1(C)CN2CCN=C3C=CC4N=CC(=C4N3)c3cc(ccc3F)OC(CN1)C2. The van der Waals surface area contributed by atoms with Gasteiger partial charge in [-0.2, -0.15) is 0 Å². The van der Waals surface area contributed by atoms with Crippen molar-refractivity contribution in [3.05, 3.63) is 47.4 Å². The zero-order valence-corrected chi connectivity index (χ0v) is 16.8. The van der Waals surface area contributed by atoms with Crippen LogP contribution in [0.5, 0.6) is 5.75 Å². The van der Waals surface area contributed by atoms with Crippen LogP contribution in [0.2, 0.25) is 0 Å². The van der Waals surface area contributed by atoms with E-state index in [2.05, 4.69) is 34.4 Å². The zero-order valence-electron chi connectivity index (χ0n) is 16.8. The zero-order chi connectivity index (χ0) is 20.0. The number of amidine groups is 1. The molecule has 6 bridgehead atoms. The number of fused-ring (bicyclic) bond motifs is 6. The van der Waals surface area contributed by atoms with Gasteiger partial charge >= 0.3 is 0 Å². The van der Waals surface area contributed by atoms with E-state index < -0.39 is 0 Å². The van der Waals surface area contributed by atoms with Gasteiger partial charge in [0.1, 0.15) is 29.5 Å². The Morgan fingerprint density at radius 3 is 3.10 bits per heavy atom. The summed E-state index contributed by atoms with van der Waals surface area (Å²) in [6, 6.07) is 4.86. The van der Waals surface area contributed by atoms with Crippen molar-refractivity contribution in [2.24, 2.45) is 9.98 Å². The number of aliphatic imine (C=N–C) groups is 2. The average molecular weight is 395 g/mol. The van der Waals surface area contributed by atoms with E-state index in [1.165, 1.54) is 6.07 Å². The summed E-state index contributed by atoms with van der Waals surface area (Å²) in [5.41, 5.74) is 2.12. The van der Waals surface area contributed by atoms with Gasteiger partial charge in [0.25, 0.3) is 0 Å². The number of allylic oxidation sites excluding steroid dienone is 1. The second-order valence-corrected chi connectivity index (χ2v) is 8.68. The lowest BCUT2D eigenvalue weighted by atomic mass is 10.0. The van der Waals surface area contributed by atoms with Crippen molar-refractivity contribution in [2.75, 3.05) is 32.7 Å². The maximum atomic E-state index is 14.7. The minimum Gasteiger partial charge on any atom is -0.488 e. The Morgan fingerprint density at radius 2 is 2.21 bits per heavy atom. The first-order chi connectivity index (χ1) is 14.0. The Kier molecular flexibility index (Phi) is 4.52. The maximum absolute atomic E-state index is 14.7. The first-order valence-corrected chi connectivity index (χ1v) is 10.2. The van der Waals surface area contributed by atoms with Crippen LogP contribution in [0.1, 0.15) is 19.4 Å². The van der Waals surface area contributed by atoms with Gasteiger partial charge in [-0.05, 0) is 38.1 Å². The Bertz CT molecular complexity index is 949. The van der Waals surface area contributed by atoms with Crippen LogP contribution in [0, 0.1) is 5.82 Å². The molecule has 1 fully saturated rings. The lowest BCUT2D eigenvalue weighted by Gasteiger charge is -2.29. The molecule has 0 amide bonds. The summed E-state index contributed by atoms with van der Waals surface area (Å²) in [6.45, 7) is 8.41. The number of hydrogen-bond acceptors (Lipinski definition) is 6. The topological polar surface area (TPSA) is 61.2 Å². The highest BCUT2D eigenvalue weighted by Gasteiger charge is 2.31. The highest BCUT2D eigenvalue weighted by molar-refractivity contribution is 6.15. The van der Waals surface area contributed by atoms with Crippen molar-refractivity contribution >= 4 is 17.6 Å². The van der Waals surface area contributed by atoms with Crippen molar-refractivity contribution < 1.29 is 9.13 Å². The number of nitrogens with zero attached hydrogens (tertiary/aromatic N) is 3. The smallest absolute Gasteiger partial charge is 0.131 e. The van der Waals surface area contributed by atoms with Gasteiger partial charge in [-0.3, -0.25) is 14.9 Å². The molecule has 3 atom stereocenters. The van der Waals surface area contributed by atoms with Crippen molar-refractivity contribution in [1.29, 1.82) is 0 Å². The first kappa shape index (κ1) is 18.5. The molecule has 7 heteroatoms. The monoisotopic (exact) mass is 395 g/mol. The van der Waals surface area contributed by atoms with Crippen molar-refractivity contribution in [3.8, 4) is 5.75 Å². The lowest BCUT2D eigenvalue weighted by Crippen LogP contribution is -2.47. The minimum absolute atomic E-state index is 0.0113.